The molecular formula is C26H30Cl2F2N2. The molecule has 2 nitrogen and oxygen atoms in total. The lowest BCUT2D eigenvalue weighted by Gasteiger charge is -2.39. The van der Waals surface area contributed by atoms with Gasteiger partial charge in [0, 0.05) is 29.1 Å². The first kappa shape index (κ1) is 25.0. The van der Waals surface area contributed by atoms with Crippen LogP contribution in [0.25, 0.3) is 0 Å². The van der Waals surface area contributed by atoms with Crippen molar-refractivity contribution in [1.82, 2.24) is 4.90 Å². The molecule has 1 aliphatic heterocycles. The van der Waals surface area contributed by atoms with Gasteiger partial charge in [-0.3, -0.25) is 4.90 Å². The molecule has 3 rings (SSSR count). The van der Waals surface area contributed by atoms with E-state index in [-0.39, 0.29) is 27.1 Å². The van der Waals surface area contributed by atoms with E-state index in [0.717, 1.165) is 19.4 Å². The molecular weight excluding hydrogens is 449 g/mol. The summed E-state index contributed by atoms with van der Waals surface area (Å²) in [6, 6.07) is 11.5. The van der Waals surface area contributed by atoms with Gasteiger partial charge in [-0.25, -0.2) is 8.78 Å². The maximum atomic E-state index is 15.4. The standard InChI is InChI=1S/C26H30Cl2F2N2/c1-5-6-12-32-15-20(18-8-7-9-21(28)24(18)30)26(16-31,23(32)14-25(2,3)4)19-11-10-17(27)13-22(19)29/h7-11,13,20,23H,5-6,12,14-15H2,1-4H3/t20?,23?,26-/m1/s1. The number of hydrogen-bond acceptors (Lipinski definition) is 2. The van der Waals surface area contributed by atoms with Crippen LogP contribution in [0.15, 0.2) is 36.4 Å². The lowest BCUT2D eigenvalue weighted by Crippen LogP contribution is -2.46. The summed E-state index contributed by atoms with van der Waals surface area (Å²) in [6.45, 7) is 9.65. The number of likely N-dealkylation sites (tertiary alicyclic amines) is 1. The Labute approximate surface area is 200 Å². The Morgan fingerprint density at radius 3 is 2.50 bits per heavy atom. The van der Waals surface area contributed by atoms with Gasteiger partial charge in [0.05, 0.1) is 11.1 Å². The Kier molecular flexibility index (Phi) is 7.55. The second-order valence-electron chi connectivity index (χ2n) is 9.93. The zero-order valence-corrected chi connectivity index (χ0v) is 20.6. The van der Waals surface area contributed by atoms with Crippen LogP contribution in [0.3, 0.4) is 0 Å². The predicted molar refractivity (Wildman–Crippen MR) is 127 cm³/mol. The van der Waals surface area contributed by atoms with Crippen molar-refractivity contribution in [3.63, 3.8) is 0 Å². The van der Waals surface area contributed by atoms with Crippen LogP contribution in [0.2, 0.25) is 10.0 Å². The third kappa shape index (κ3) is 4.67. The van der Waals surface area contributed by atoms with Crippen molar-refractivity contribution >= 4 is 23.2 Å². The van der Waals surface area contributed by atoms with Crippen LogP contribution in [0.1, 0.15) is 64.0 Å². The van der Waals surface area contributed by atoms with Gasteiger partial charge in [-0.05, 0) is 48.6 Å². The molecule has 1 saturated heterocycles. The highest BCUT2D eigenvalue weighted by Crippen LogP contribution is 2.53. The summed E-state index contributed by atoms with van der Waals surface area (Å²) in [7, 11) is 0. The number of benzene rings is 2. The minimum absolute atomic E-state index is 0.00491. The minimum atomic E-state index is -1.29. The number of rotatable bonds is 6. The van der Waals surface area contributed by atoms with E-state index in [2.05, 4.69) is 38.7 Å². The van der Waals surface area contributed by atoms with Crippen LogP contribution < -0.4 is 0 Å². The highest BCUT2D eigenvalue weighted by Gasteiger charge is 2.58. The molecule has 3 atom stereocenters. The molecule has 6 heteroatoms. The van der Waals surface area contributed by atoms with Crippen molar-refractivity contribution in [2.24, 2.45) is 5.41 Å². The number of hydrogen-bond donors (Lipinski definition) is 0. The summed E-state index contributed by atoms with van der Waals surface area (Å²) in [5, 5.41) is 11.0. The fraction of sp³-hybridized carbons (Fsp3) is 0.500. The second-order valence-corrected chi connectivity index (χ2v) is 10.8. The van der Waals surface area contributed by atoms with Crippen LogP contribution in [0.5, 0.6) is 0 Å². The van der Waals surface area contributed by atoms with Crippen LogP contribution in [-0.2, 0) is 5.41 Å². The number of nitrogens with zero attached hydrogens (tertiary/aromatic N) is 2. The van der Waals surface area contributed by atoms with Crippen molar-refractivity contribution < 1.29 is 8.78 Å². The Morgan fingerprint density at radius 1 is 1.19 bits per heavy atom. The molecule has 2 aromatic rings. The van der Waals surface area contributed by atoms with E-state index in [1.54, 1.807) is 24.3 Å². The molecule has 2 aromatic carbocycles. The molecule has 0 bridgehead atoms. The molecule has 0 aliphatic carbocycles. The average molecular weight is 479 g/mol. The molecule has 0 N–H and O–H groups in total. The Hall–Kier alpha value is -1.67. The minimum Gasteiger partial charge on any atom is -0.298 e. The summed E-state index contributed by atoms with van der Waals surface area (Å²) in [5.41, 5.74) is -0.795. The number of halogens is 4. The Balaban J connectivity index is 2.30. The molecule has 1 heterocycles. The van der Waals surface area contributed by atoms with Gasteiger partial charge in [-0.1, -0.05) is 75.5 Å². The van der Waals surface area contributed by atoms with Crippen LogP contribution in [0.4, 0.5) is 8.78 Å². The largest absolute Gasteiger partial charge is 0.298 e. The normalized spacial score (nSPS) is 24.0. The molecule has 0 spiro atoms. The van der Waals surface area contributed by atoms with Crippen LogP contribution >= 0.6 is 23.2 Å². The maximum Gasteiger partial charge on any atom is 0.145 e. The third-order valence-electron chi connectivity index (χ3n) is 6.46. The summed E-state index contributed by atoms with van der Waals surface area (Å²) in [5.74, 6) is -1.66. The van der Waals surface area contributed by atoms with Crippen molar-refractivity contribution in [3.05, 3.63) is 69.2 Å². The number of unbranched alkanes of at least 4 members (excludes halogenated alkanes) is 1. The smallest absolute Gasteiger partial charge is 0.145 e. The van der Waals surface area contributed by atoms with E-state index in [9.17, 15) is 5.26 Å². The van der Waals surface area contributed by atoms with E-state index in [4.69, 9.17) is 23.2 Å². The second kappa shape index (κ2) is 9.67. The molecule has 1 fully saturated rings. The quantitative estimate of drug-likeness (QED) is 0.424. The molecule has 172 valence electrons. The first-order chi connectivity index (χ1) is 15.0. The van der Waals surface area contributed by atoms with Gasteiger partial charge in [-0.15, -0.1) is 0 Å². The molecule has 1 aliphatic rings. The highest BCUT2D eigenvalue weighted by atomic mass is 35.5. The lowest BCUT2D eigenvalue weighted by atomic mass is 9.64. The van der Waals surface area contributed by atoms with Crippen molar-refractivity contribution in [2.45, 2.75) is 64.3 Å². The Bertz CT molecular complexity index is 1010. The first-order valence-corrected chi connectivity index (χ1v) is 11.9. The molecule has 0 amide bonds. The molecule has 0 saturated carbocycles. The first-order valence-electron chi connectivity index (χ1n) is 11.1. The van der Waals surface area contributed by atoms with Crippen LogP contribution in [0, 0.1) is 28.4 Å². The SMILES string of the molecule is CCCCN1CC(c2cccc(Cl)c2F)[C@@](C#N)(c2ccc(Cl)cc2F)C1CC(C)(C)C. The van der Waals surface area contributed by atoms with Gasteiger partial charge < -0.3 is 0 Å². The lowest BCUT2D eigenvalue weighted by molar-refractivity contribution is 0.162. The van der Waals surface area contributed by atoms with E-state index in [1.807, 2.05) is 0 Å². The van der Waals surface area contributed by atoms with Gasteiger partial charge >= 0.3 is 0 Å². The summed E-state index contributed by atoms with van der Waals surface area (Å²) >= 11 is 12.2. The Morgan fingerprint density at radius 2 is 1.91 bits per heavy atom. The van der Waals surface area contributed by atoms with Crippen LogP contribution in [-0.4, -0.2) is 24.0 Å². The van der Waals surface area contributed by atoms with E-state index in [1.165, 1.54) is 12.1 Å². The van der Waals surface area contributed by atoms with Gasteiger partial charge in [-0.2, -0.15) is 5.26 Å². The fourth-order valence-corrected chi connectivity index (χ4v) is 5.38. The van der Waals surface area contributed by atoms with Gasteiger partial charge in [0.25, 0.3) is 0 Å². The van der Waals surface area contributed by atoms with Crippen molar-refractivity contribution in [2.75, 3.05) is 13.1 Å². The van der Waals surface area contributed by atoms with Crippen molar-refractivity contribution in [3.8, 4) is 6.07 Å². The van der Waals surface area contributed by atoms with Gasteiger partial charge in [0.2, 0.25) is 0 Å². The van der Waals surface area contributed by atoms with E-state index < -0.39 is 23.0 Å². The highest BCUT2D eigenvalue weighted by molar-refractivity contribution is 6.31. The topological polar surface area (TPSA) is 27.0 Å². The monoisotopic (exact) mass is 478 g/mol. The molecule has 0 aromatic heterocycles. The number of nitriles is 1. The van der Waals surface area contributed by atoms with Crippen molar-refractivity contribution in [1.29, 1.82) is 5.26 Å². The van der Waals surface area contributed by atoms with Gasteiger partial charge in [0.1, 0.15) is 17.0 Å². The predicted octanol–water partition coefficient (Wildman–Crippen LogP) is 7.74. The zero-order chi connectivity index (χ0) is 23.7. The maximum absolute atomic E-state index is 15.4. The summed E-state index contributed by atoms with van der Waals surface area (Å²) in [6.07, 6.45) is 2.59. The third-order valence-corrected chi connectivity index (χ3v) is 6.98. The summed E-state index contributed by atoms with van der Waals surface area (Å²) < 4.78 is 30.7. The molecule has 0 radical (unpaired) electrons. The summed E-state index contributed by atoms with van der Waals surface area (Å²) in [4.78, 5) is 2.25. The molecule has 2 unspecified atom stereocenters. The van der Waals surface area contributed by atoms with Gasteiger partial charge in [0.15, 0.2) is 0 Å². The fourth-order valence-electron chi connectivity index (χ4n) is 5.04. The van der Waals surface area contributed by atoms with E-state index in [0.29, 0.717) is 18.5 Å². The molecule has 32 heavy (non-hydrogen) atoms. The average Bonchev–Trinajstić information content (AvgIpc) is 3.01. The zero-order valence-electron chi connectivity index (χ0n) is 19.1. The van der Waals surface area contributed by atoms with E-state index >= 15 is 8.78 Å².